The number of hydrogen-bond acceptors (Lipinski definition) is 3. The van der Waals surface area contributed by atoms with E-state index in [1.165, 1.54) is 0 Å². The van der Waals surface area contributed by atoms with Gasteiger partial charge in [-0.25, -0.2) is 0 Å². The van der Waals surface area contributed by atoms with Crippen LogP contribution in [0.4, 0.5) is 11.4 Å². The molecule has 19 heavy (non-hydrogen) atoms. The molecule has 0 aliphatic carbocycles. The third kappa shape index (κ3) is 2.59. The molecule has 2 aromatic rings. The SMILES string of the molecule is CNc1cc(C)ccc1C(=O)Nc1c(C)n[nH]c1C. The first kappa shape index (κ1) is 13.1. The maximum Gasteiger partial charge on any atom is 0.257 e. The highest BCUT2D eigenvalue weighted by atomic mass is 16.1. The number of rotatable bonds is 3. The molecule has 0 bridgehead atoms. The molecule has 0 aliphatic rings. The van der Waals surface area contributed by atoms with Crippen molar-refractivity contribution in [3.63, 3.8) is 0 Å². The van der Waals surface area contributed by atoms with Gasteiger partial charge in [0.05, 0.1) is 22.6 Å². The average Bonchev–Trinajstić information content (AvgIpc) is 2.70. The van der Waals surface area contributed by atoms with Gasteiger partial charge in [-0.1, -0.05) is 6.07 Å². The Bertz CT molecular complexity index is 596. The van der Waals surface area contributed by atoms with E-state index in [0.29, 0.717) is 5.56 Å². The molecule has 1 aromatic heterocycles. The Kier molecular flexibility index (Phi) is 3.55. The predicted octanol–water partition coefficient (Wildman–Crippen LogP) is 2.63. The standard InChI is InChI=1S/C14H18N4O/c1-8-5-6-11(12(7-8)15-4)14(19)16-13-9(2)17-18-10(13)3/h5-7,15H,1-4H3,(H,16,19)(H,17,18). The quantitative estimate of drug-likeness (QED) is 0.792. The van der Waals surface area contributed by atoms with E-state index in [4.69, 9.17) is 0 Å². The van der Waals surface area contributed by atoms with E-state index in [0.717, 1.165) is 28.3 Å². The number of anilines is 2. The Balaban J connectivity index is 2.30. The Labute approximate surface area is 112 Å². The minimum atomic E-state index is -0.142. The van der Waals surface area contributed by atoms with Gasteiger partial charge < -0.3 is 10.6 Å². The van der Waals surface area contributed by atoms with Crippen molar-refractivity contribution in [3.8, 4) is 0 Å². The Morgan fingerprint density at radius 2 is 2.00 bits per heavy atom. The number of H-pyrrole nitrogens is 1. The fourth-order valence-electron chi connectivity index (χ4n) is 1.98. The molecule has 0 saturated heterocycles. The number of aromatic nitrogens is 2. The third-order valence-electron chi connectivity index (χ3n) is 3.06. The molecular formula is C14H18N4O. The number of carbonyl (C=O) groups excluding carboxylic acids is 1. The van der Waals surface area contributed by atoms with E-state index in [1.807, 2.05) is 39.0 Å². The highest BCUT2D eigenvalue weighted by Crippen LogP contribution is 2.21. The van der Waals surface area contributed by atoms with E-state index >= 15 is 0 Å². The molecule has 1 aromatic carbocycles. The largest absolute Gasteiger partial charge is 0.387 e. The van der Waals surface area contributed by atoms with Gasteiger partial charge in [0.15, 0.2) is 0 Å². The summed E-state index contributed by atoms with van der Waals surface area (Å²) in [5.41, 5.74) is 4.92. The minimum Gasteiger partial charge on any atom is -0.387 e. The monoisotopic (exact) mass is 258 g/mol. The van der Waals surface area contributed by atoms with Gasteiger partial charge in [-0.2, -0.15) is 5.10 Å². The number of nitrogens with zero attached hydrogens (tertiary/aromatic N) is 1. The highest BCUT2D eigenvalue weighted by molar-refractivity contribution is 6.08. The Morgan fingerprint density at radius 3 is 2.58 bits per heavy atom. The van der Waals surface area contributed by atoms with Gasteiger partial charge in [-0.15, -0.1) is 0 Å². The van der Waals surface area contributed by atoms with Crippen molar-refractivity contribution in [2.75, 3.05) is 17.7 Å². The predicted molar refractivity (Wildman–Crippen MR) is 76.7 cm³/mol. The van der Waals surface area contributed by atoms with E-state index < -0.39 is 0 Å². The second-order valence-corrected chi connectivity index (χ2v) is 4.56. The summed E-state index contributed by atoms with van der Waals surface area (Å²) in [5.74, 6) is -0.142. The van der Waals surface area contributed by atoms with Gasteiger partial charge in [-0.3, -0.25) is 9.89 Å². The van der Waals surface area contributed by atoms with Crippen LogP contribution in [-0.4, -0.2) is 23.2 Å². The van der Waals surface area contributed by atoms with E-state index in [-0.39, 0.29) is 5.91 Å². The third-order valence-corrected chi connectivity index (χ3v) is 3.06. The van der Waals surface area contributed by atoms with Gasteiger partial charge in [0.1, 0.15) is 0 Å². The average molecular weight is 258 g/mol. The molecule has 0 aliphatic heterocycles. The normalized spacial score (nSPS) is 10.3. The summed E-state index contributed by atoms with van der Waals surface area (Å²) >= 11 is 0. The Morgan fingerprint density at radius 1 is 1.26 bits per heavy atom. The van der Waals surface area contributed by atoms with Gasteiger partial charge in [0.25, 0.3) is 5.91 Å². The van der Waals surface area contributed by atoms with Gasteiger partial charge in [0.2, 0.25) is 0 Å². The maximum absolute atomic E-state index is 12.3. The summed E-state index contributed by atoms with van der Waals surface area (Å²) in [4.78, 5) is 12.3. The summed E-state index contributed by atoms with van der Waals surface area (Å²) in [5, 5.41) is 12.9. The smallest absolute Gasteiger partial charge is 0.257 e. The zero-order chi connectivity index (χ0) is 14.0. The maximum atomic E-state index is 12.3. The lowest BCUT2D eigenvalue weighted by molar-refractivity contribution is 0.102. The first-order chi connectivity index (χ1) is 9.02. The van der Waals surface area contributed by atoms with Crippen LogP contribution >= 0.6 is 0 Å². The number of aromatic amines is 1. The van der Waals surface area contributed by atoms with Crippen molar-refractivity contribution in [2.24, 2.45) is 0 Å². The van der Waals surface area contributed by atoms with Crippen LogP contribution in [0.5, 0.6) is 0 Å². The molecule has 100 valence electrons. The summed E-state index contributed by atoms with van der Waals surface area (Å²) in [6.07, 6.45) is 0. The van der Waals surface area contributed by atoms with Crippen LogP contribution in [0.25, 0.3) is 0 Å². The molecule has 1 heterocycles. The van der Waals surface area contributed by atoms with Gasteiger partial charge in [-0.05, 0) is 38.5 Å². The molecule has 0 spiro atoms. The van der Waals surface area contributed by atoms with Crippen molar-refractivity contribution in [1.29, 1.82) is 0 Å². The fourth-order valence-corrected chi connectivity index (χ4v) is 1.98. The molecule has 0 atom stereocenters. The second-order valence-electron chi connectivity index (χ2n) is 4.56. The van der Waals surface area contributed by atoms with Crippen molar-refractivity contribution in [2.45, 2.75) is 20.8 Å². The van der Waals surface area contributed by atoms with Crippen LogP contribution in [0.3, 0.4) is 0 Å². The second kappa shape index (κ2) is 5.14. The zero-order valence-electron chi connectivity index (χ0n) is 11.6. The molecule has 0 radical (unpaired) electrons. The van der Waals surface area contributed by atoms with E-state index in [1.54, 1.807) is 7.05 Å². The molecule has 5 heteroatoms. The highest BCUT2D eigenvalue weighted by Gasteiger charge is 2.14. The lowest BCUT2D eigenvalue weighted by Gasteiger charge is -2.10. The minimum absolute atomic E-state index is 0.142. The molecular weight excluding hydrogens is 240 g/mol. The molecule has 0 fully saturated rings. The van der Waals surface area contributed by atoms with Gasteiger partial charge >= 0.3 is 0 Å². The first-order valence-corrected chi connectivity index (χ1v) is 6.14. The van der Waals surface area contributed by atoms with Crippen LogP contribution in [0.1, 0.15) is 27.3 Å². The number of hydrogen-bond donors (Lipinski definition) is 3. The summed E-state index contributed by atoms with van der Waals surface area (Å²) < 4.78 is 0. The van der Waals surface area contributed by atoms with Crippen LogP contribution in [0, 0.1) is 20.8 Å². The van der Waals surface area contributed by atoms with Crippen LogP contribution < -0.4 is 10.6 Å². The topological polar surface area (TPSA) is 69.8 Å². The van der Waals surface area contributed by atoms with Crippen molar-refractivity contribution >= 4 is 17.3 Å². The van der Waals surface area contributed by atoms with Crippen LogP contribution in [-0.2, 0) is 0 Å². The first-order valence-electron chi connectivity index (χ1n) is 6.14. The number of benzene rings is 1. The van der Waals surface area contributed by atoms with Crippen molar-refractivity contribution < 1.29 is 4.79 Å². The van der Waals surface area contributed by atoms with E-state index in [2.05, 4.69) is 20.8 Å². The van der Waals surface area contributed by atoms with Gasteiger partial charge in [0, 0.05) is 12.7 Å². The number of nitrogens with one attached hydrogen (secondary N) is 3. The number of aryl methyl sites for hydroxylation is 3. The molecule has 0 saturated carbocycles. The lowest BCUT2D eigenvalue weighted by atomic mass is 10.1. The van der Waals surface area contributed by atoms with Crippen LogP contribution in [0.2, 0.25) is 0 Å². The fraction of sp³-hybridized carbons (Fsp3) is 0.286. The Hall–Kier alpha value is -2.30. The summed E-state index contributed by atoms with van der Waals surface area (Å²) in [6, 6.07) is 5.69. The number of amides is 1. The molecule has 5 nitrogen and oxygen atoms in total. The summed E-state index contributed by atoms with van der Waals surface area (Å²) in [7, 11) is 1.81. The van der Waals surface area contributed by atoms with Crippen LogP contribution in [0.15, 0.2) is 18.2 Å². The van der Waals surface area contributed by atoms with Crippen molar-refractivity contribution in [1.82, 2.24) is 10.2 Å². The van der Waals surface area contributed by atoms with E-state index in [9.17, 15) is 4.79 Å². The molecule has 2 rings (SSSR count). The number of carbonyl (C=O) groups is 1. The van der Waals surface area contributed by atoms with Crippen molar-refractivity contribution in [3.05, 3.63) is 40.7 Å². The zero-order valence-corrected chi connectivity index (χ0v) is 11.6. The lowest BCUT2D eigenvalue weighted by Crippen LogP contribution is -2.15. The molecule has 0 unspecified atom stereocenters. The summed E-state index contributed by atoms with van der Waals surface area (Å²) in [6.45, 7) is 5.73. The molecule has 3 N–H and O–H groups in total. The molecule has 1 amide bonds.